The van der Waals surface area contributed by atoms with E-state index in [1.54, 1.807) is 0 Å². The molecule has 0 saturated carbocycles. The summed E-state index contributed by atoms with van der Waals surface area (Å²) in [6, 6.07) is 16.8. The number of allylic oxidation sites excluding steroid dienone is 2. The topological polar surface area (TPSA) is 25.3 Å². The lowest BCUT2D eigenvalue weighted by Gasteiger charge is -2.10. The van der Waals surface area contributed by atoms with Crippen molar-refractivity contribution in [2.24, 2.45) is 0 Å². The van der Waals surface area contributed by atoms with E-state index in [9.17, 15) is 5.53 Å². The van der Waals surface area contributed by atoms with Crippen molar-refractivity contribution in [3.05, 3.63) is 88.0 Å². The molecule has 0 bridgehead atoms. The van der Waals surface area contributed by atoms with Crippen LogP contribution in [-0.2, 0) is 0 Å². The van der Waals surface area contributed by atoms with Crippen LogP contribution in [0.5, 0.6) is 0 Å². The molecule has 1 aliphatic heterocycles. The molecule has 0 spiro atoms. The molecule has 0 atom stereocenters. The maximum atomic E-state index is 11.1. The van der Waals surface area contributed by atoms with Gasteiger partial charge in [0.1, 0.15) is 0 Å². The molecule has 0 radical (unpaired) electrons. The lowest BCUT2D eigenvalue weighted by Crippen LogP contribution is -2.02. The minimum absolute atomic E-state index is 0.875. The molecule has 2 heteroatoms. The van der Waals surface area contributed by atoms with Crippen LogP contribution in [0.15, 0.2) is 60.2 Å². The van der Waals surface area contributed by atoms with Gasteiger partial charge in [-0.1, -0.05) is 74.4 Å². The fraction of sp³-hybridized carbons (Fsp3) is 0.385. The van der Waals surface area contributed by atoms with Gasteiger partial charge in [0, 0.05) is 22.8 Å². The van der Waals surface area contributed by atoms with Crippen LogP contribution in [0.4, 0.5) is 0 Å². The maximum absolute atomic E-state index is 11.1. The lowest BCUT2D eigenvalue weighted by atomic mass is 10.0. The predicted molar refractivity (Wildman–Crippen MR) is 119 cm³/mol. The molecular weight excluding hydrogens is 340 g/mol. The Morgan fingerprint density at radius 1 is 0.786 bits per heavy atom. The van der Waals surface area contributed by atoms with E-state index in [0.29, 0.717) is 0 Å². The molecular formula is C26H32N2. The molecule has 0 fully saturated rings. The maximum Gasteiger partial charge on any atom is 0.210 e. The number of hydrogen-bond donors (Lipinski definition) is 0. The average Bonchev–Trinajstić information content (AvgIpc) is 3.01. The first kappa shape index (κ1) is 20.3. The van der Waals surface area contributed by atoms with Gasteiger partial charge in [0.25, 0.3) is 0 Å². The monoisotopic (exact) mass is 372 g/mol. The molecule has 2 aromatic carbocycles. The van der Waals surface area contributed by atoms with Crippen molar-refractivity contribution in [3.8, 4) is 0 Å². The second-order valence-corrected chi connectivity index (χ2v) is 7.97. The van der Waals surface area contributed by atoms with Gasteiger partial charge in [-0.25, -0.2) is 4.70 Å². The smallest absolute Gasteiger partial charge is 0.210 e. The first-order chi connectivity index (χ1) is 13.6. The van der Waals surface area contributed by atoms with Crippen LogP contribution in [0.25, 0.3) is 16.9 Å². The summed E-state index contributed by atoms with van der Waals surface area (Å²) < 4.78 is 1.39. The van der Waals surface area contributed by atoms with Crippen LogP contribution < -0.4 is 0 Å². The molecule has 0 aromatic heterocycles. The third-order valence-electron chi connectivity index (χ3n) is 5.49. The van der Waals surface area contributed by atoms with Crippen LogP contribution >= 0.6 is 0 Å². The Kier molecular flexibility index (Phi) is 6.97. The van der Waals surface area contributed by atoms with Gasteiger partial charge >= 0.3 is 0 Å². The highest BCUT2D eigenvalue weighted by molar-refractivity contribution is 5.78. The van der Waals surface area contributed by atoms with Crippen molar-refractivity contribution < 1.29 is 4.70 Å². The quantitative estimate of drug-likeness (QED) is 0.316. The van der Waals surface area contributed by atoms with Gasteiger partial charge in [-0.05, 0) is 51.0 Å². The molecule has 0 saturated heterocycles. The highest BCUT2D eigenvalue weighted by atomic mass is 15.2. The highest BCUT2D eigenvalue weighted by Crippen LogP contribution is 2.37. The van der Waals surface area contributed by atoms with E-state index < -0.39 is 0 Å². The summed E-state index contributed by atoms with van der Waals surface area (Å²) in [4.78, 5) is 0. The zero-order chi connectivity index (χ0) is 19.9. The summed E-state index contributed by atoms with van der Waals surface area (Å²) in [5.74, 6) is 0. The third-order valence-corrected chi connectivity index (χ3v) is 5.49. The Bertz CT molecular complexity index is 885. The second kappa shape index (κ2) is 9.64. The Morgan fingerprint density at radius 2 is 1.50 bits per heavy atom. The SMILES string of the molecule is CCCCCCCCC1=C(c2ccc(C)cc2)[N+](=[N-])C(c2cccc(C)c2)=C1. The standard InChI is InChI=1S/C26H32N2/c1-4-5-6-7-8-9-12-24-19-25(23-13-10-11-21(3)18-23)28(27)26(24)22-16-14-20(2)15-17-22/h10-11,13-19H,4-9,12H2,1-3H3. The van der Waals surface area contributed by atoms with Gasteiger partial charge in [0.2, 0.25) is 11.4 Å². The predicted octanol–water partition coefficient (Wildman–Crippen LogP) is 7.85. The molecule has 28 heavy (non-hydrogen) atoms. The Morgan fingerprint density at radius 3 is 2.21 bits per heavy atom. The van der Waals surface area contributed by atoms with Crippen molar-refractivity contribution in [2.45, 2.75) is 65.7 Å². The van der Waals surface area contributed by atoms with E-state index in [1.165, 1.54) is 59.9 Å². The van der Waals surface area contributed by atoms with Gasteiger partial charge in [-0.15, -0.1) is 0 Å². The number of hydrogen-bond acceptors (Lipinski definition) is 0. The Hall–Kier alpha value is -2.48. The van der Waals surface area contributed by atoms with E-state index in [4.69, 9.17) is 0 Å². The van der Waals surface area contributed by atoms with Gasteiger partial charge in [-0.2, -0.15) is 0 Å². The largest absolute Gasteiger partial charge is 0.493 e. The molecule has 2 aromatic rings. The van der Waals surface area contributed by atoms with Crippen molar-refractivity contribution in [3.63, 3.8) is 0 Å². The van der Waals surface area contributed by atoms with Crippen molar-refractivity contribution in [1.29, 1.82) is 0 Å². The Balaban J connectivity index is 1.83. The summed E-state index contributed by atoms with van der Waals surface area (Å²) >= 11 is 0. The zero-order valence-electron chi connectivity index (χ0n) is 17.5. The summed E-state index contributed by atoms with van der Waals surface area (Å²) in [6.45, 7) is 6.44. The van der Waals surface area contributed by atoms with Crippen molar-refractivity contribution in [1.82, 2.24) is 0 Å². The third kappa shape index (κ3) is 4.86. The number of unbranched alkanes of at least 4 members (excludes halogenated alkanes) is 5. The van der Waals surface area contributed by atoms with E-state index in [-0.39, 0.29) is 0 Å². The number of rotatable bonds is 9. The summed E-state index contributed by atoms with van der Waals surface area (Å²) in [7, 11) is 0. The minimum Gasteiger partial charge on any atom is -0.493 e. The molecule has 0 aliphatic carbocycles. The highest BCUT2D eigenvalue weighted by Gasteiger charge is 2.28. The summed E-state index contributed by atoms with van der Waals surface area (Å²) in [5, 5.41) is 0. The molecule has 1 heterocycles. The van der Waals surface area contributed by atoms with Gasteiger partial charge in [0.15, 0.2) is 0 Å². The number of benzene rings is 2. The Labute approximate surface area is 170 Å². The van der Waals surface area contributed by atoms with Crippen molar-refractivity contribution in [2.75, 3.05) is 0 Å². The van der Waals surface area contributed by atoms with Crippen LogP contribution in [-0.4, -0.2) is 4.70 Å². The molecule has 2 nitrogen and oxygen atoms in total. The fourth-order valence-corrected chi connectivity index (χ4v) is 3.87. The van der Waals surface area contributed by atoms with E-state index in [1.807, 2.05) is 0 Å². The van der Waals surface area contributed by atoms with Crippen LogP contribution in [0.3, 0.4) is 0 Å². The minimum atomic E-state index is 0.875. The van der Waals surface area contributed by atoms with Gasteiger partial charge < -0.3 is 5.53 Å². The van der Waals surface area contributed by atoms with Crippen LogP contribution in [0, 0.1) is 13.8 Å². The lowest BCUT2D eigenvalue weighted by molar-refractivity contribution is -0.344. The van der Waals surface area contributed by atoms with E-state index >= 15 is 0 Å². The molecule has 0 amide bonds. The van der Waals surface area contributed by atoms with Crippen LogP contribution in [0.2, 0.25) is 0 Å². The first-order valence-electron chi connectivity index (χ1n) is 10.7. The van der Waals surface area contributed by atoms with Crippen molar-refractivity contribution >= 4 is 11.4 Å². The molecule has 0 N–H and O–H groups in total. The summed E-state index contributed by atoms with van der Waals surface area (Å²) in [5.41, 5.74) is 18.7. The average molecular weight is 373 g/mol. The normalized spacial score (nSPS) is 14.0. The van der Waals surface area contributed by atoms with Crippen LogP contribution in [0.1, 0.15) is 74.1 Å². The van der Waals surface area contributed by atoms with Gasteiger partial charge in [-0.3, -0.25) is 0 Å². The number of aryl methyl sites for hydroxylation is 2. The molecule has 146 valence electrons. The van der Waals surface area contributed by atoms with Gasteiger partial charge in [0.05, 0.1) is 0 Å². The molecule has 0 unspecified atom stereocenters. The molecule has 1 aliphatic rings. The fourth-order valence-electron chi connectivity index (χ4n) is 3.87. The summed E-state index contributed by atoms with van der Waals surface area (Å²) in [6.07, 6.45) is 10.8. The second-order valence-electron chi connectivity index (χ2n) is 7.97. The number of nitrogens with zero attached hydrogens (tertiary/aromatic N) is 2. The zero-order valence-corrected chi connectivity index (χ0v) is 17.5. The molecule has 3 rings (SSSR count). The van der Waals surface area contributed by atoms with E-state index in [0.717, 1.165) is 28.9 Å². The first-order valence-corrected chi connectivity index (χ1v) is 10.7. The van der Waals surface area contributed by atoms with E-state index in [2.05, 4.69) is 75.4 Å².